The van der Waals surface area contributed by atoms with Gasteiger partial charge in [0.25, 0.3) is 0 Å². The molecule has 0 aromatic rings. The molecule has 0 bridgehead atoms. The van der Waals surface area contributed by atoms with Crippen LogP contribution in [0, 0.1) is 5.41 Å². The summed E-state index contributed by atoms with van der Waals surface area (Å²) in [5, 5.41) is 11.1. The smallest absolute Gasteiger partial charge is 0.237 e. The lowest BCUT2D eigenvalue weighted by Gasteiger charge is -2.14. The Kier molecular flexibility index (Phi) is 3.56. The van der Waals surface area contributed by atoms with Gasteiger partial charge in [0.15, 0.2) is 0 Å². The molecule has 0 aromatic heterocycles. The third-order valence-corrected chi connectivity index (χ3v) is 2.80. The van der Waals surface area contributed by atoms with E-state index in [1.54, 1.807) is 6.92 Å². The number of hydrogen-bond donors (Lipinski definition) is 2. The molecule has 0 heterocycles. The number of nitrogens with one attached hydrogen (secondary N) is 1. The number of rotatable bonds is 5. The van der Waals surface area contributed by atoms with Crippen molar-refractivity contribution < 1.29 is 9.90 Å². The van der Waals surface area contributed by atoms with Gasteiger partial charge in [-0.25, -0.2) is 0 Å². The number of halogens is 1. The molecule has 13 heavy (non-hydrogen) atoms. The summed E-state index contributed by atoms with van der Waals surface area (Å²) in [5.41, 5.74) is 0.177. The molecule has 1 saturated carbocycles. The van der Waals surface area contributed by atoms with Gasteiger partial charge < -0.3 is 10.4 Å². The fraction of sp³-hybridized carbons (Fsp3) is 0.889. The van der Waals surface area contributed by atoms with E-state index in [1.165, 1.54) is 0 Å². The molecule has 2 N–H and O–H groups in total. The van der Waals surface area contributed by atoms with Gasteiger partial charge in [-0.3, -0.25) is 4.79 Å². The molecule has 4 heteroatoms. The van der Waals surface area contributed by atoms with Crippen molar-refractivity contribution in [2.45, 2.75) is 31.6 Å². The summed E-state index contributed by atoms with van der Waals surface area (Å²) in [6, 6.07) is 0. The highest BCUT2D eigenvalue weighted by molar-refractivity contribution is 6.30. The minimum atomic E-state index is -0.468. The minimum absolute atomic E-state index is 0.120. The van der Waals surface area contributed by atoms with Gasteiger partial charge in [-0.2, -0.15) is 0 Å². The monoisotopic (exact) mass is 205 g/mol. The fourth-order valence-corrected chi connectivity index (χ4v) is 1.42. The second-order valence-corrected chi connectivity index (χ2v) is 4.46. The van der Waals surface area contributed by atoms with Crippen molar-refractivity contribution in [3.8, 4) is 0 Å². The van der Waals surface area contributed by atoms with Crippen LogP contribution >= 0.6 is 11.6 Å². The second-order valence-electron chi connectivity index (χ2n) is 3.81. The van der Waals surface area contributed by atoms with E-state index in [4.69, 9.17) is 16.7 Å². The van der Waals surface area contributed by atoms with Crippen molar-refractivity contribution in [1.29, 1.82) is 0 Å². The van der Waals surface area contributed by atoms with E-state index in [1.807, 2.05) is 0 Å². The molecular formula is C9H16ClNO2. The number of hydrogen-bond acceptors (Lipinski definition) is 2. The molecule has 0 aromatic carbocycles. The van der Waals surface area contributed by atoms with Crippen molar-refractivity contribution in [1.82, 2.24) is 5.32 Å². The normalized spacial score (nSPS) is 20.8. The maximum atomic E-state index is 11.1. The molecule has 1 atom stereocenters. The van der Waals surface area contributed by atoms with Crippen LogP contribution in [0.1, 0.15) is 26.2 Å². The highest BCUT2D eigenvalue weighted by Gasteiger charge is 2.41. The van der Waals surface area contributed by atoms with Gasteiger partial charge in [0.2, 0.25) is 5.91 Å². The van der Waals surface area contributed by atoms with Gasteiger partial charge in [-0.05, 0) is 31.6 Å². The van der Waals surface area contributed by atoms with Crippen LogP contribution in [0.2, 0.25) is 0 Å². The Bertz CT molecular complexity index is 190. The third kappa shape index (κ3) is 3.16. The van der Waals surface area contributed by atoms with E-state index in [0.29, 0.717) is 6.54 Å². The maximum absolute atomic E-state index is 11.1. The van der Waals surface area contributed by atoms with Gasteiger partial charge in [-0.15, -0.1) is 11.6 Å². The number of amides is 1. The van der Waals surface area contributed by atoms with Crippen LogP contribution in [0.5, 0.6) is 0 Å². The van der Waals surface area contributed by atoms with Crippen molar-refractivity contribution in [3.63, 3.8) is 0 Å². The second kappa shape index (κ2) is 4.29. The highest BCUT2D eigenvalue weighted by atomic mass is 35.5. The minimum Gasteiger partial charge on any atom is -0.396 e. The van der Waals surface area contributed by atoms with Gasteiger partial charge in [-0.1, -0.05) is 0 Å². The van der Waals surface area contributed by atoms with E-state index in [0.717, 1.165) is 19.3 Å². The van der Waals surface area contributed by atoms with Gasteiger partial charge in [0, 0.05) is 13.2 Å². The first kappa shape index (κ1) is 10.8. The Balaban J connectivity index is 2.22. The molecule has 76 valence electrons. The number of carbonyl (C=O) groups excluding carboxylic acids is 1. The quantitative estimate of drug-likeness (QED) is 0.655. The van der Waals surface area contributed by atoms with Crippen LogP contribution in [0.4, 0.5) is 0 Å². The first-order valence-corrected chi connectivity index (χ1v) is 5.06. The lowest BCUT2D eigenvalue weighted by molar-refractivity contribution is -0.120. The lowest BCUT2D eigenvalue weighted by atomic mass is 10.0. The van der Waals surface area contributed by atoms with Gasteiger partial charge in [0.1, 0.15) is 5.38 Å². The Morgan fingerprint density at radius 2 is 2.31 bits per heavy atom. The van der Waals surface area contributed by atoms with Crippen LogP contribution in [-0.4, -0.2) is 29.5 Å². The topological polar surface area (TPSA) is 49.3 Å². The van der Waals surface area contributed by atoms with Crippen molar-refractivity contribution in [3.05, 3.63) is 0 Å². The van der Waals surface area contributed by atoms with Crippen molar-refractivity contribution >= 4 is 17.5 Å². The zero-order chi connectivity index (χ0) is 9.90. The lowest BCUT2D eigenvalue weighted by Crippen LogP contribution is -2.34. The van der Waals surface area contributed by atoms with Gasteiger partial charge >= 0.3 is 0 Å². The number of aliphatic hydroxyl groups excluding tert-OH is 1. The van der Waals surface area contributed by atoms with Crippen LogP contribution in [0.15, 0.2) is 0 Å². The molecule has 0 radical (unpaired) electrons. The zero-order valence-electron chi connectivity index (χ0n) is 7.85. The van der Waals surface area contributed by atoms with Crippen LogP contribution in [0.3, 0.4) is 0 Å². The molecule has 3 nitrogen and oxygen atoms in total. The Labute approximate surface area is 83.5 Å². The van der Waals surface area contributed by atoms with Gasteiger partial charge in [0.05, 0.1) is 0 Å². The highest BCUT2D eigenvalue weighted by Crippen LogP contribution is 2.47. The summed E-state index contributed by atoms with van der Waals surface area (Å²) in [5.74, 6) is -0.120. The molecular weight excluding hydrogens is 190 g/mol. The number of aliphatic hydroxyl groups is 1. The van der Waals surface area contributed by atoms with Crippen molar-refractivity contribution in [2.24, 2.45) is 5.41 Å². The SMILES string of the molecule is CC(Cl)C(=O)NCC1(CCO)CC1. The summed E-state index contributed by atoms with van der Waals surface area (Å²) in [6.45, 7) is 2.51. The van der Waals surface area contributed by atoms with E-state index >= 15 is 0 Å². The molecule has 0 saturated heterocycles. The Hall–Kier alpha value is -0.280. The standard InChI is InChI=1S/C9H16ClNO2/c1-7(10)8(13)11-6-9(2-3-9)4-5-12/h7,12H,2-6H2,1H3,(H,11,13). The predicted molar refractivity (Wildman–Crippen MR) is 51.7 cm³/mol. The molecule has 1 aliphatic carbocycles. The zero-order valence-corrected chi connectivity index (χ0v) is 8.60. The summed E-state index contributed by atoms with van der Waals surface area (Å²) in [4.78, 5) is 11.1. The molecule has 0 aliphatic heterocycles. The summed E-state index contributed by atoms with van der Waals surface area (Å²) >= 11 is 5.59. The largest absolute Gasteiger partial charge is 0.396 e. The third-order valence-electron chi connectivity index (χ3n) is 2.60. The Morgan fingerprint density at radius 3 is 2.69 bits per heavy atom. The fourth-order valence-electron chi connectivity index (χ4n) is 1.34. The summed E-state index contributed by atoms with van der Waals surface area (Å²) in [6.07, 6.45) is 2.99. The molecule has 0 spiro atoms. The van der Waals surface area contributed by atoms with Crippen LogP contribution < -0.4 is 5.32 Å². The van der Waals surface area contributed by atoms with Crippen molar-refractivity contribution in [2.75, 3.05) is 13.2 Å². The predicted octanol–water partition coefficient (Wildman–Crippen LogP) is 0.892. The maximum Gasteiger partial charge on any atom is 0.237 e. The van der Waals surface area contributed by atoms with E-state index in [9.17, 15) is 4.79 Å². The van der Waals surface area contributed by atoms with E-state index in [2.05, 4.69) is 5.32 Å². The first-order chi connectivity index (χ1) is 6.09. The van der Waals surface area contributed by atoms with E-state index < -0.39 is 5.38 Å². The summed E-state index contributed by atoms with van der Waals surface area (Å²) < 4.78 is 0. The average molecular weight is 206 g/mol. The van der Waals surface area contributed by atoms with Crippen LogP contribution in [0.25, 0.3) is 0 Å². The van der Waals surface area contributed by atoms with E-state index in [-0.39, 0.29) is 17.9 Å². The Morgan fingerprint density at radius 1 is 1.69 bits per heavy atom. The average Bonchev–Trinajstić information content (AvgIpc) is 2.82. The number of carbonyl (C=O) groups is 1. The molecule has 1 amide bonds. The summed E-state index contributed by atoms with van der Waals surface area (Å²) in [7, 11) is 0. The molecule has 1 rings (SSSR count). The molecule has 1 aliphatic rings. The molecule has 1 unspecified atom stereocenters. The first-order valence-electron chi connectivity index (χ1n) is 4.62. The molecule has 1 fully saturated rings. The van der Waals surface area contributed by atoms with Crippen LogP contribution in [-0.2, 0) is 4.79 Å². The number of alkyl halides is 1.